The molecular weight excluding hydrogens is 188 g/mol. The van der Waals surface area contributed by atoms with Gasteiger partial charge >= 0.3 is 0 Å². The highest BCUT2D eigenvalue weighted by Gasteiger charge is 2.28. The van der Waals surface area contributed by atoms with Crippen LogP contribution >= 0.6 is 0 Å². The van der Waals surface area contributed by atoms with Crippen molar-refractivity contribution >= 4 is 5.78 Å². The zero-order valence-electron chi connectivity index (χ0n) is 9.87. The zero-order chi connectivity index (χ0) is 11.1. The standard InChI is InChI=1S/C13H24O2/c1-2-3-4-5-9-12(14)11-8-6-7-10-13(11)15/h11-12,14H,2-10H2,1H3. The Morgan fingerprint density at radius 3 is 2.80 bits per heavy atom. The first-order chi connectivity index (χ1) is 7.25. The van der Waals surface area contributed by atoms with Gasteiger partial charge in [-0.25, -0.2) is 0 Å². The third-order valence-electron chi connectivity index (χ3n) is 3.42. The van der Waals surface area contributed by atoms with E-state index in [2.05, 4.69) is 6.92 Å². The van der Waals surface area contributed by atoms with Gasteiger partial charge in [0.15, 0.2) is 0 Å². The SMILES string of the molecule is CCCCCCC(O)C1CCCCC1=O. The van der Waals surface area contributed by atoms with Gasteiger partial charge in [0.1, 0.15) is 5.78 Å². The molecule has 0 heterocycles. The number of carbonyl (C=O) groups excluding carboxylic acids is 1. The molecule has 15 heavy (non-hydrogen) atoms. The normalized spacial score (nSPS) is 24.1. The molecule has 0 spiro atoms. The van der Waals surface area contributed by atoms with Crippen LogP contribution in [0.2, 0.25) is 0 Å². The molecule has 1 fully saturated rings. The number of unbranched alkanes of at least 4 members (excludes halogenated alkanes) is 3. The van der Waals surface area contributed by atoms with E-state index in [-0.39, 0.29) is 12.0 Å². The van der Waals surface area contributed by atoms with E-state index in [1.54, 1.807) is 0 Å². The van der Waals surface area contributed by atoms with Crippen LogP contribution in [0.4, 0.5) is 0 Å². The van der Waals surface area contributed by atoms with Crippen molar-refractivity contribution in [2.45, 2.75) is 70.8 Å². The Bertz CT molecular complexity index is 189. The smallest absolute Gasteiger partial charge is 0.138 e. The van der Waals surface area contributed by atoms with Crippen molar-refractivity contribution < 1.29 is 9.90 Å². The van der Waals surface area contributed by atoms with E-state index in [9.17, 15) is 9.90 Å². The van der Waals surface area contributed by atoms with Crippen LogP contribution in [0.3, 0.4) is 0 Å². The monoisotopic (exact) mass is 212 g/mol. The van der Waals surface area contributed by atoms with Gasteiger partial charge in [-0.1, -0.05) is 39.0 Å². The molecule has 0 radical (unpaired) electrons. The second-order valence-electron chi connectivity index (χ2n) is 4.74. The molecule has 0 aromatic heterocycles. The van der Waals surface area contributed by atoms with Crippen LogP contribution in [0, 0.1) is 5.92 Å². The molecule has 2 atom stereocenters. The molecule has 1 N–H and O–H groups in total. The van der Waals surface area contributed by atoms with Crippen molar-refractivity contribution in [3.63, 3.8) is 0 Å². The highest BCUT2D eigenvalue weighted by Crippen LogP contribution is 2.25. The van der Waals surface area contributed by atoms with Crippen LogP contribution in [-0.2, 0) is 4.79 Å². The number of aliphatic hydroxyl groups is 1. The number of Topliss-reactive ketones (excluding diaryl/α,β-unsaturated/α-hetero) is 1. The van der Waals surface area contributed by atoms with Crippen LogP contribution in [0.5, 0.6) is 0 Å². The molecule has 0 amide bonds. The van der Waals surface area contributed by atoms with Gasteiger partial charge in [-0.2, -0.15) is 0 Å². The first-order valence-corrected chi connectivity index (χ1v) is 6.46. The summed E-state index contributed by atoms with van der Waals surface area (Å²) in [5.41, 5.74) is 0. The Balaban J connectivity index is 2.19. The summed E-state index contributed by atoms with van der Waals surface area (Å²) in [6.45, 7) is 2.18. The van der Waals surface area contributed by atoms with Crippen molar-refractivity contribution in [1.82, 2.24) is 0 Å². The highest BCUT2D eigenvalue weighted by molar-refractivity contribution is 5.82. The second-order valence-corrected chi connectivity index (χ2v) is 4.74. The molecule has 2 nitrogen and oxygen atoms in total. The lowest BCUT2D eigenvalue weighted by atomic mass is 9.82. The number of rotatable bonds is 6. The van der Waals surface area contributed by atoms with Crippen LogP contribution in [0.15, 0.2) is 0 Å². The van der Waals surface area contributed by atoms with Crippen LogP contribution in [0.1, 0.15) is 64.7 Å². The maximum atomic E-state index is 11.6. The largest absolute Gasteiger partial charge is 0.392 e. The lowest BCUT2D eigenvalue weighted by Crippen LogP contribution is -2.30. The van der Waals surface area contributed by atoms with E-state index in [1.807, 2.05) is 0 Å². The molecule has 2 heteroatoms. The number of hydrogen-bond acceptors (Lipinski definition) is 2. The third kappa shape index (κ3) is 4.33. The number of ketones is 1. The van der Waals surface area contributed by atoms with Gasteiger partial charge in [0.05, 0.1) is 6.10 Å². The van der Waals surface area contributed by atoms with Crippen molar-refractivity contribution in [2.75, 3.05) is 0 Å². The lowest BCUT2D eigenvalue weighted by molar-refractivity contribution is -0.128. The lowest BCUT2D eigenvalue weighted by Gasteiger charge is -2.25. The molecule has 0 aromatic carbocycles. The minimum Gasteiger partial charge on any atom is -0.392 e. The Morgan fingerprint density at radius 1 is 1.33 bits per heavy atom. The van der Waals surface area contributed by atoms with Crippen molar-refractivity contribution in [1.29, 1.82) is 0 Å². The number of aliphatic hydroxyl groups excluding tert-OH is 1. The maximum absolute atomic E-state index is 11.6. The second kappa shape index (κ2) is 7.00. The van der Waals surface area contributed by atoms with E-state index in [1.165, 1.54) is 19.3 Å². The minimum atomic E-state index is -0.366. The van der Waals surface area contributed by atoms with Gasteiger partial charge in [0.2, 0.25) is 0 Å². The van der Waals surface area contributed by atoms with Gasteiger partial charge in [0, 0.05) is 12.3 Å². The van der Waals surface area contributed by atoms with Crippen LogP contribution in [-0.4, -0.2) is 17.0 Å². The molecule has 1 aliphatic rings. The average molecular weight is 212 g/mol. The molecule has 0 saturated heterocycles. The first-order valence-electron chi connectivity index (χ1n) is 6.46. The fourth-order valence-electron chi connectivity index (χ4n) is 2.40. The molecule has 2 unspecified atom stereocenters. The average Bonchev–Trinajstić information content (AvgIpc) is 2.25. The van der Waals surface area contributed by atoms with E-state index < -0.39 is 0 Å². The Kier molecular flexibility index (Phi) is 5.92. The van der Waals surface area contributed by atoms with Gasteiger partial charge in [-0.05, 0) is 19.3 Å². The molecule has 0 aliphatic heterocycles. The zero-order valence-corrected chi connectivity index (χ0v) is 9.87. The predicted molar refractivity (Wildman–Crippen MR) is 61.7 cm³/mol. The minimum absolute atomic E-state index is 0.0413. The Labute approximate surface area is 93.1 Å². The predicted octanol–water partition coefficient (Wildman–Crippen LogP) is 3.08. The molecular formula is C13H24O2. The van der Waals surface area contributed by atoms with Crippen molar-refractivity contribution in [3.05, 3.63) is 0 Å². The number of hydrogen-bond donors (Lipinski definition) is 1. The molecule has 0 bridgehead atoms. The Hall–Kier alpha value is -0.370. The summed E-state index contributed by atoms with van der Waals surface area (Å²) in [4.78, 5) is 11.6. The van der Waals surface area contributed by atoms with Crippen LogP contribution < -0.4 is 0 Å². The summed E-state index contributed by atoms with van der Waals surface area (Å²) in [6.07, 6.45) is 8.91. The van der Waals surface area contributed by atoms with Gasteiger partial charge in [-0.3, -0.25) is 4.79 Å². The Morgan fingerprint density at radius 2 is 2.13 bits per heavy atom. The molecule has 1 rings (SSSR count). The van der Waals surface area contributed by atoms with E-state index in [0.29, 0.717) is 12.2 Å². The summed E-state index contributed by atoms with van der Waals surface area (Å²) < 4.78 is 0. The summed E-state index contributed by atoms with van der Waals surface area (Å²) in [5, 5.41) is 9.92. The van der Waals surface area contributed by atoms with E-state index in [0.717, 1.165) is 32.1 Å². The quantitative estimate of drug-likeness (QED) is 0.687. The fraction of sp³-hybridized carbons (Fsp3) is 0.923. The first kappa shape index (κ1) is 12.7. The topological polar surface area (TPSA) is 37.3 Å². The summed E-state index contributed by atoms with van der Waals surface area (Å²) in [5.74, 6) is 0.254. The third-order valence-corrected chi connectivity index (χ3v) is 3.42. The summed E-state index contributed by atoms with van der Waals surface area (Å²) in [6, 6.07) is 0. The summed E-state index contributed by atoms with van der Waals surface area (Å²) >= 11 is 0. The molecule has 1 saturated carbocycles. The summed E-state index contributed by atoms with van der Waals surface area (Å²) in [7, 11) is 0. The molecule has 0 aromatic rings. The maximum Gasteiger partial charge on any atom is 0.138 e. The number of carbonyl (C=O) groups is 1. The van der Waals surface area contributed by atoms with E-state index >= 15 is 0 Å². The van der Waals surface area contributed by atoms with Crippen molar-refractivity contribution in [3.8, 4) is 0 Å². The van der Waals surface area contributed by atoms with E-state index in [4.69, 9.17) is 0 Å². The van der Waals surface area contributed by atoms with Gasteiger partial charge < -0.3 is 5.11 Å². The fourth-order valence-corrected chi connectivity index (χ4v) is 2.40. The molecule has 88 valence electrons. The van der Waals surface area contributed by atoms with Crippen molar-refractivity contribution in [2.24, 2.45) is 5.92 Å². The highest BCUT2D eigenvalue weighted by atomic mass is 16.3. The van der Waals surface area contributed by atoms with Gasteiger partial charge in [-0.15, -0.1) is 0 Å². The van der Waals surface area contributed by atoms with Gasteiger partial charge in [0.25, 0.3) is 0 Å². The van der Waals surface area contributed by atoms with Crippen LogP contribution in [0.25, 0.3) is 0 Å². The molecule has 1 aliphatic carbocycles.